The fourth-order valence-electron chi connectivity index (χ4n) is 3.86. The quantitative estimate of drug-likeness (QED) is 0.649. The zero-order valence-electron chi connectivity index (χ0n) is 16.7. The molecule has 0 unspecified atom stereocenters. The molecule has 0 aromatic carbocycles. The van der Waals surface area contributed by atoms with Crippen LogP contribution in [0, 0.1) is 5.41 Å². The molecule has 0 N–H and O–H groups in total. The summed E-state index contributed by atoms with van der Waals surface area (Å²) in [7, 11) is 0. The Morgan fingerprint density at radius 1 is 1.07 bits per heavy atom. The van der Waals surface area contributed by atoms with Crippen LogP contribution in [0.4, 0.5) is 4.79 Å². The maximum Gasteiger partial charge on any atom is 0.410 e. The van der Waals surface area contributed by atoms with Gasteiger partial charge in [-0.3, -0.25) is 4.79 Å². The number of ether oxygens (including phenoxy) is 1. The van der Waals surface area contributed by atoms with Gasteiger partial charge in [-0.2, -0.15) is 0 Å². The molecule has 152 valence electrons. The fourth-order valence-corrected chi connectivity index (χ4v) is 5.00. The van der Waals surface area contributed by atoms with Crippen molar-refractivity contribution < 1.29 is 14.3 Å². The number of Topliss-reactive ketones (excluding diaryl/α,β-unsaturated/α-hetero) is 1. The third kappa shape index (κ3) is 3.91. The number of carbonyl (C=O) groups excluding carboxylic acids is 2. The van der Waals surface area contributed by atoms with Crippen molar-refractivity contribution in [2.75, 3.05) is 13.1 Å². The number of ketones is 1. The molecule has 0 radical (unpaired) electrons. The highest BCUT2D eigenvalue weighted by atomic mass is 32.1. The van der Waals surface area contributed by atoms with Gasteiger partial charge in [-0.25, -0.2) is 14.8 Å². The number of rotatable bonds is 2. The molecule has 2 fully saturated rings. The molecule has 8 heteroatoms. The van der Waals surface area contributed by atoms with Crippen LogP contribution in [0.5, 0.6) is 0 Å². The van der Waals surface area contributed by atoms with Gasteiger partial charge >= 0.3 is 6.09 Å². The van der Waals surface area contributed by atoms with Crippen LogP contribution in [0.1, 0.15) is 43.6 Å². The summed E-state index contributed by atoms with van der Waals surface area (Å²) in [5, 5.41) is 5.46. The van der Waals surface area contributed by atoms with E-state index < -0.39 is 5.60 Å². The lowest BCUT2D eigenvalue weighted by Gasteiger charge is -2.50. The van der Waals surface area contributed by atoms with Gasteiger partial charge in [0.05, 0.1) is 0 Å². The van der Waals surface area contributed by atoms with E-state index in [1.807, 2.05) is 43.7 Å². The summed E-state index contributed by atoms with van der Waals surface area (Å²) in [6.45, 7) is 6.69. The Morgan fingerprint density at radius 2 is 1.59 bits per heavy atom. The number of hydrogen-bond donors (Lipinski definition) is 0. The Bertz CT molecular complexity index is 905. The van der Waals surface area contributed by atoms with Crippen molar-refractivity contribution in [3.8, 4) is 0 Å². The first-order valence-corrected chi connectivity index (χ1v) is 11.3. The Morgan fingerprint density at radius 3 is 2.00 bits per heavy atom. The van der Waals surface area contributed by atoms with E-state index in [4.69, 9.17) is 4.74 Å². The predicted molar refractivity (Wildman–Crippen MR) is 115 cm³/mol. The van der Waals surface area contributed by atoms with E-state index in [2.05, 4.69) is 9.97 Å². The molecule has 2 aromatic rings. The van der Waals surface area contributed by atoms with Crippen molar-refractivity contribution in [3.63, 3.8) is 0 Å². The summed E-state index contributed by atoms with van der Waals surface area (Å²) in [6, 6.07) is 0. The molecule has 1 aliphatic carbocycles. The van der Waals surface area contributed by atoms with Gasteiger partial charge < -0.3 is 9.64 Å². The van der Waals surface area contributed by atoms with E-state index in [1.54, 1.807) is 17.3 Å². The molecule has 2 aliphatic rings. The van der Waals surface area contributed by atoms with Gasteiger partial charge in [0.15, 0.2) is 5.78 Å². The van der Waals surface area contributed by atoms with Crippen molar-refractivity contribution in [1.29, 1.82) is 0 Å². The molecule has 1 saturated carbocycles. The SMILES string of the molecule is CC(C)(C)OC(=O)N1CCC2(CC1)/C(=C\c1nccs1)C(=O)/C2=C/c1nccs1. The van der Waals surface area contributed by atoms with E-state index in [9.17, 15) is 9.59 Å². The number of hydrogen-bond acceptors (Lipinski definition) is 7. The number of amides is 1. The second-order valence-corrected chi connectivity index (χ2v) is 10.1. The Balaban J connectivity index is 1.61. The minimum atomic E-state index is -0.523. The van der Waals surface area contributed by atoms with Crippen LogP contribution in [0.25, 0.3) is 12.2 Å². The van der Waals surface area contributed by atoms with E-state index >= 15 is 0 Å². The van der Waals surface area contributed by atoms with Crippen molar-refractivity contribution in [2.24, 2.45) is 5.41 Å². The van der Waals surface area contributed by atoms with Crippen LogP contribution in [0.3, 0.4) is 0 Å². The Labute approximate surface area is 177 Å². The normalized spacial score (nSPS) is 21.6. The average molecular weight is 430 g/mol. The third-order valence-electron chi connectivity index (χ3n) is 5.23. The minimum Gasteiger partial charge on any atom is -0.444 e. The zero-order valence-corrected chi connectivity index (χ0v) is 18.3. The largest absolute Gasteiger partial charge is 0.444 e. The van der Waals surface area contributed by atoms with E-state index in [1.165, 1.54) is 22.7 Å². The zero-order chi connectivity index (χ0) is 20.6. The lowest BCUT2D eigenvalue weighted by Crippen LogP contribution is -2.53. The van der Waals surface area contributed by atoms with Gasteiger partial charge in [-0.15, -0.1) is 22.7 Å². The minimum absolute atomic E-state index is 0.0566. The van der Waals surface area contributed by atoms with Gasteiger partial charge in [0.25, 0.3) is 0 Å². The van der Waals surface area contributed by atoms with Crippen LogP contribution >= 0.6 is 22.7 Å². The topological polar surface area (TPSA) is 72.4 Å². The number of likely N-dealkylation sites (tertiary alicyclic amines) is 1. The van der Waals surface area contributed by atoms with E-state index in [0.29, 0.717) is 25.9 Å². The molecule has 0 bridgehead atoms. The first-order chi connectivity index (χ1) is 13.8. The number of nitrogens with zero attached hydrogens (tertiary/aromatic N) is 3. The van der Waals surface area contributed by atoms with Gasteiger partial charge in [-0.1, -0.05) is 0 Å². The summed E-state index contributed by atoms with van der Waals surface area (Å²) in [5.41, 5.74) is 0.704. The van der Waals surface area contributed by atoms with Gasteiger partial charge in [0.1, 0.15) is 15.6 Å². The summed E-state index contributed by atoms with van der Waals surface area (Å²) >= 11 is 3.03. The van der Waals surface area contributed by atoms with E-state index in [-0.39, 0.29) is 17.3 Å². The molecule has 6 nitrogen and oxygen atoms in total. The van der Waals surface area contributed by atoms with Crippen molar-refractivity contribution in [3.05, 3.63) is 44.3 Å². The highest BCUT2D eigenvalue weighted by Crippen LogP contribution is 2.56. The first kappa shape index (κ1) is 20.0. The molecule has 1 spiro atoms. The molecule has 1 amide bonds. The smallest absolute Gasteiger partial charge is 0.410 e. The lowest BCUT2D eigenvalue weighted by molar-refractivity contribution is -0.118. The van der Waals surface area contributed by atoms with Gasteiger partial charge in [0.2, 0.25) is 0 Å². The monoisotopic (exact) mass is 429 g/mol. The number of aromatic nitrogens is 2. The van der Waals surface area contributed by atoms with Crippen molar-refractivity contribution in [1.82, 2.24) is 14.9 Å². The number of piperidine rings is 1. The maximum absolute atomic E-state index is 13.0. The number of allylic oxidation sites excluding steroid dienone is 2. The predicted octanol–water partition coefficient (Wildman–Crippen LogP) is 4.67. The summed E-state index contributed by atoms with van der Waals surface area (Å²) in [4.78, 5) is 35.8. The van der Waals surface area contributed by atoms with Crippen LogP contribution in [-0.2, 0) is 9.53 Å². The van der Waals surface area contributed by atoms with Crippen LogP contribution in [0.15, 0.2) is 34.3 Å². The highest BCUT2D eigenvalue weighted by Gasteiger charge is 2.55. The summed E-state index contributed by atoms with van der Waals surface area (Å²) in [6.07, 6.45) is 8.38. The Hall–Kier alpha value is -2.32. The highest BCUT2D eigenvalue weighted by molar-refractivity contribution is 7.10. The lowest BCUT2D eigenvalue weighted by atomic mass is 9.55. The second kappa shape index (κ2) is 7.50. The second-order valence-electron chi connectivity index (χ2n) is 8.24. The summed E-state index contributed by atoms with van der Waals surface area (Å²) < 4.78 is 5.52. The van der Waals surface area contributed by atoms with Gasteiger partial charge in [0, 0.05) is 52.8 Å². The van der Waals surface area contributed by atoms with Crippen LogP contribution < -0.4 is 0 Å². The third-order valence-corrected chi connectivity index (χ3v) is 6.67. The molecule has 1 aliphatic heterocycles. The summed E-state index contributed by atoms with van der Waals surface area (Å²) in [5.74, 6) is 0.0566. The van der Waals surface area contributed by atoms with Crippen LogP contribution in [0.2, 0.25) is 0 Å². The first-order valence-electron chi connectivity index (χ1n) is 9.54. The Kier molecular flexibility index (Phi) is 5.16. The molecule has 0 atom stereocenters. The molecule has 29 heavy (non-hydrogen) atoms. The molecule has 1 saturated heterocycles. The molecular formula is C21H23N3O3S2. The van der Waals surface area contributed by atoms with Crippen molar-refractivity contribution in [2.45, 2.75) is 39.2 Å². The van der Waals surface area contributed by atoms with Gasteiger partial charge in [-0.05, 0) is 45.8 Å². The number of thiazole rings is 2. The fraction of sp³-hybridized carbons (Fsp3) is 0.429. The molecule has 3 heterocycles. The molecule has 2 aromatic heterocycles. The van der Waals surface area contributed by atoms with Crippen LogP contribution in [-0.4, -0.2) is 45.4 Å². The standard InChI is InChI=1S/C21H23N3O3S2/c1-20(2,3)27-19(26)24-8-4-21(5-9-24)14(12-16-22-6-10-28-16)18(25)15(21)13-17-23-7-11-29-17/h6-7,10-13H,4-5,8-9H2,1-3H3/b14-12-,15-13-. The molecule has 4 rings (SSSR count). The average Bonchev–Trinajstić information content (AvgIpc) is 3.37. The molecular weight excluding hydrogens is 406 g/mol. The number of carbonyl (C=O) groups is 2. The van der Waals surface area contributed by atoms with E-state index in [0.717, 1.165) is 21.2 Å². The van der Waals surface area contributed by atoms with Crippen molar-refractivity contribution >= 4 is 46.7 Å². The maximum atomic E-state index is 13.0.